The molecule has 14 heavy (non-hydrogen) atoms. The summed E-state index contributed by atoms with van der Waals surface area (Å²) < 4.78 is 0. The highest BCUT2D eigenvalue weighted by molar-refractivity contribution is 7.15. The van der Waals surface area contributed by atoms with Crippen LogP contribution in [0.5, 0.6) is 0 Å². The molecular weight excluding hydrogens is 218 g/mol. The van der Waals surface area contributed by atoms with E-state index in [1.807, 2.05) is 13.0 Å². The molecule has 2 aromatic rings. The molecule has 2 N–H and O–H groups in total. The Kier molecular flexibility index (Phi) is 2.39. The molecule has 72 valence electrons. The average molecular weight is 226 g/mol. The van der Waals surface area contributed by atoms with Crippen molar-refractivity contribution in [3.05, 3.63) is 28.2 Å². The standard InChI is InChI=1S/C9H8ClN3S/c1-5-8(11)13-9(14-5)7-3-2-6(10)4-12-7/h2-4H,11H2,1H3. The minimum atomic E-state index is 0.571. The zero-order valence-corrected chi connectivity index (χ0v) is 9.06. The number of hydrogen-bond donors (Lipinski definition) is 1. The van der Waals surface area contributed by atoms with Gasteiger partial charge in [0.2, 0.25) is 0 Å². The largest absolute Gasteiger partial charge is 0.383 e. The van der Waals surface area contributed by atoms with E-state index in [9.17, 15) is 0 Å². The summed E-state index contributed by atoms with van der Waals surface area (Å²) in [5, 5.41) is 1.45. The van der Waals surface area contributed by atoms with Crippen molar-refractivity contribution in [3.8, 4) is 10.7 Å². The van der Waals surface area contributed by atoms with Crippen LogP contribution in [0.2, 0.25) is 5.02 Å². The highest BCUT2D eigenvalue weighted by Crippen LogP contribution is 2.27. The number of rotatable bonds is 1. The first-order valence-corrected chi connectivity index (χ1v) is 5.21. The number of nitrogens with zero attached hydrogens (tertiary/aromatic N) is 2. The van der Waals surface area contributed by atoms with Crippen LogP contribution < -0.4 is 5.73 Å². The van der Waals surface area contributed by atoms with Crippen LogP contribution in [0, 0.1) is 6.92 Å². The third kappa shape index (κ3) is 1.71. The van der Waals surface area contributed by atoms with Crippen molar-refractivity contribution in [3.63, 3.8) is 0 Å². The van der Waals surface area contributed by atoms with Crippen LogP contribution >= 0.6 is 22.9 Å². The second kappa shape index (κ2) is 3.55. The topological polar surface area (TPSA) is 51.8 Å². The van der Waals surface area contributed by atoms with Crippen molar-refractivity contribution in [2.75, 3.05) is 5.73 Å². The van der Waals surface area contributed by atoms with Crippen molar-refractivity contribution in [1.82, 2.24) is 9.97 Å². The van der Waals surface area contributed by atoms with E-state index in [1.165, 1.54) is 11.3 Å². The molecule has 0 radical (unpaired) electrons. The summed E-state index contributed by atoms with van der Waals surface area (Å²) >= 11 is 7.26. The van der Waals surface area contributed by atoms with Gasteiger partial charge in [0.05, 0.1) is 10.7 Å². The van der Waals surface area contributed by atoms with E-state index < -0.39 is 0 Å². The first-order valence-electron chi connectivity index (χ1n) is 4.01. The van der Waals surface area contributed by atoms with Crippen molar-refractivity contribution in [2.45, 2.75) is 6.92 Å². The molecule has 0 atom stereocenters. The Morgan fingerprint density at radius 1 is 1.43 bits per heavy atom. The summed E-state index contributed by atoms with van der Waals surface area (Å²) in [6.45, 7) is 1.94. The van der Waals surface area contributed by atoms with Gasteiger partial charge in [-0.2, -0.15) is 0 Å². The average Bonchev–Trinajstić information content (AvgIpc) is 2.48. The van der Waals surface area contributed by atoms with Crippen molar-refractivity contribution in [2.24, 2.45) is 0 Å². The number of nitrogens with two attached hydrogens (primary N) is 1. The van der Waals surface area contributed by atoms with Gasteiger partial charge in [-0.15, -0.1) is 11.3 Å². The monoisotopic (exact) mass is 225 g/mol. The lowest BCUT2D eigenvalue weighted by molar-refractivity contribution is 1.29. The van der Waals surface area contributed by atoms with Gasteiger partial charge in [-0.25, -0.2) is 4.98 Å². The van der Waals surface area contributed by atoms with E-state index >= 15 is 0 Å². The normalized spacial score (nSPS) is 10.4. The predicted octanol–water partition coefficient (Wildman–Crippen LogP) is 2.75. The number of nitrogen functional groups attached to an aromatic ring is 1. The van der Waals surface area contributed by atoms with Crippen LogP contribution in [-0.4, -0.2) is 9.97 Å². The number of hydrogen-bond acceptors (Lipinski definition) is 4. The molecule has 2 aromatic heterocycles. The number of aromatic nitrogens is 2. The second-order valence-corrected chi connectivity index (χ2v) is 4.46. The van der Waals surface area contributed by atoms with Crippen LogP contribution in [0.25, 0.3) is 10.7 Å². The highest BCUT2D eigenvalue weighted by atomic mass is 35.5. The van der Waals surface area contributed by atoms with Crippen LogP contribution in [-0.2, 0) is 0 Å². The molecule has 2 heterocycles. The molecule has 0 aromatic carbocycles. The van der Waals surface area contributed by atoms with Crippen molar-refractivity contribution >= 4 is 28.8 Å². The first kappa shape index (κ1) is 9.43. The minimum absolute atomic E-state index is 0.571. The molecule has 2 rings (SSSR count). The fourth-order valence-corrected chi connectivity index (χ4v) is 1.94. The molecule has 0 unspecified atom stereocenters. The Hall–Kier alpha value is -1.13. The zero-order chi connectivity index (χ0) is 10.1. The molecule has 0 aliphatic heterocycles. The maximum atomic E-state index is 5.73. The second-order valence-electron chi connectivity index (χ2n) is 2.82. The van der Waals surface area contributed by atoms with Gasteiger partial charge in [-0.3, -0.25) is 4.98 Å². The SMILES string of the molecule is Cc1sc(-c2ccc(Cl)cn2)nc1N. The molecule has 0 saturated heterocycles. The molecule has 0 aliphatic rings. The lowest BCUT2D eigenvalue weighted by atomic mass is 10.4. The minimum Gasteiger partial charge on any atom is -0.383 e. The van der Waals surface area contributed by atoms with Gasteiger partial charge in [-0.1, -0.05) is 11.6 Å². The Balaban J connectivity index is 2.44. The van der Waals surface area contributed by atoms with E-state index in [4.69, 9.17) is 17.3 Å². The van der Waals surface area contributed by atoms with Crippen molar-refractivity contribution in [1.29, 1.82) is 0 Å². The third-order valence-electron chi connectivity index (χ3n) is 1.78. The molecule has 0 aliphatic carbocycles. The van der Waals surface area contributed by atoms with Gasteiger partial charge in [-0.05, 0) is 19.1 Å². The summed E-state index contributed by atoms with van der Waals surface area (Å²) in [5.74, 6) is 0.571. The predicted molar refractivity (Wildman–Crippen MR) is 59.5 cm³/mol. The highest BCUT2D eigenvalue weighted by Gasteiger charge is 2.07. The first-order chi connectivity index (χ1) is 6.66. The Labute approximate surface area is 90.6 Å². The van der Waals surface area contributed by atoms with E-state index in [-0.39, 0.29) is 0 Å². The smallest absolute Gasteiger partial charge is 0.144 e. The number of anilines is 1. The summed E-state index contributed by atoms with van der Waals surface area (Å²) in [6.07, 6.45) is 1.60. The van der Waals surface area contributed by atoms with Gasteiger partial charge in [0.25, 0.3) is 0 Å². The van der Waals surface area contributed by atoms with Crippen LogP contribution in [0.3, 0.4) is 0 Å². The van der Waals surface area contributed by atoms with E-state index in [1.54, 1.807) is 12.3 Å². The number of aryl methyl sites for hydroxylation is 1. The summed E-state index contributed by atoms with van der Waals surface area (Å²) in [7, 11) is 0. The number of halogens is 1. The molecule has 0 amide bonds. The van der Waals surface area contributed by atoms with E-state index in [0.29, 0.717) is 10.8 Å². The fraction of sp³-hybridized carbons (Fsp3) is 0.111. The lowest BCUT2D eigenvalue weighted by Gasteiger charge is -1.93. The van der Waals surface area contributed by atoms with E-state index in [0.717, 1.165) is 15.6 Å². The summed E-state index contributed by atoms with van der Waals surface area (Å²) in [5.41, 5.74) is 6.46. The van der Waals surface area contributed by atoms with Crippen LogP contribution in [0.1, 0.15) is 4.88 Å². The molecule has 0 spiro atoms. The maximum absolute atomic E-state index is 5.73. The lowest BCUT2D eigenvalue weighted by Crippen LogP contribution is -1.86. The summed E-state index contributed by atoms with van der Waals surface area (Å²) in [6, 6.07) is 3.62. The fourth-order valence-electron chi connectivity index (χ4n) is 1.02. The van der Waals surface area contributed by atoms with Crippen LogP contribution in [0.15, 0.2) is 18.3 Å². The zero-order valence-electron chi connectivity index (χ0n) is 7.49. The number of pyridine rings is 1. The maximum Gasteiger partial charge on any atom is 0.144 e. The van der Waals surface area contributed by atoms with Gasteiger partial charge in [0, 0.05) is 11.1 Å². The summed E-state index contributed by atoms with van der Waals surface area (Å²) in [4.78, 5) is 9.38. The molecule has 0 bridgehead atoms. The number of thiazole rings is 1. The molecule has 0 fully saturated rings. The van der Waals surface area contributed by atoms with E-state index in [2.05, 4.69) is 9.97 Å². The molecule has 5 heteroatoms. The Morgan fingerprint density at radius 3 is 2.71 bits per heavy atom. The van der Waals surface area contributed by atoms with Gasteiger partial charge in [0.1, 0.15) is 10.8 Å². The van der Waals surface area contributed by atoms with Gasteiger partial charge in [0.15, 0.2) is 0 Å². The third-order valence-corrected chi connectivity index (χ3v) is 3.01. The Bertz CT molecular complexity index is 430. The van der Waals surface area contributed by atoms with Crippen molar-refractivity contribution < 1.29 is 0 Å². The van der Waals surface area contributed by atoms with Gasteiger partial charge >= 0.3 is 0 Å². The Morgan fingerprint density at radius 2 is 2.21 bits per heavy atom. The quantitative estimate of drug-likeness (QED) is 0.812. The molecule has 0 saturated carbocycles. The van der Waals surface area contributed by atoms with Crippen LogP contribution in [0.4, 0.5) is 5.82 Å². The van der Waals surface area contributed by atoms with Gasteiger partial charge < -0.3 is 5.73 Å². The molecular formula is C9H8ClN3S. The molecule has 3 nitrogen and oxygen atoms in total.